The number of hydrogen-bond donors (Lipinski definition) is 1. The number of carbonyl (C=O) groups excluding carboxylic acids is 2. The maximum atomic E-state index is 11.9. The number of amides is 2. The molecule has 1 aromatic carbocycles. The Morgan fingerprint density at radius 1 is 1.33 bits per heavy atom. The van der Waals surface area contributed by atoms with Crippen LogP contribution in [0.1, 0.15) is 24.8 Å². The number of carbonyl (C=O) groups is 2. The van der Waals surface area contributed by atoms with Gasteiger partial charge in [0.05, 0.1) is 18.2 Å². The molecule has 0 aliphatic carbocycles. The van der Waals surface area contributed by atoms with Crippen molar-refractivity contribution in [3.8, 4) is 5.75 Å². The number of hydrazone groups is 1. The molecule has 0 spiro atoms. The molecular weight excluding hydrogens is 316 g/mol. The van der Waals surface area contributed by atoms with Crippen molar-refractivity contribution in [1.29, 1.82) is 0 Å². The van der Waals surface area contributed by atoms with E-state index >= 15 is 0 Å². The van der Waals surface area contributed by atoms with E-state index in [1.54, 1.807) is 6.07 Å². The fourth-order valence-corrected chi connectivity index (χ4v) is 2.38. The molecule has 1 aliphatic rings. The van der Waals surface area contributed by atoms with Crippen LogP contribution in [0.3, 0.4) is 0 Å². The lowest BCUT2D eigenvalue weighted by atomic mass is 10.1. The molecule has 9 nitrogen and oxygen atoms in total. The monoisotopic (exact) mass is 334 g/mol. The minimum atomic E-state index is -0.823. The van der Waals surface area contributed by atoms with Crippen molar-refractivity contribution in [3.05, 3.63) is 33.9 Å². The van der Waals surface area contributed by atoms with Crippen LogP contribution in [-0.4, -0.2) is 48.1 Å². The number of rotatable bonds is 4. The summed E-state index contributed by atoms with van der Waals surface area (Å²) in [5.74, 6) is -1.31. The number of nitrogens with one attached hydrogen (secondary N) is 1. The molecule has 0 atom stereocenters. The van der Waals surface area contributed by atoms with Crippen LogP contribution < -0.4 is 10.2 Å². The van der Waals surface area contributed by atoms with Gasteiger partial charge in [0.15, 0.2) is 5.75 Å². The van der Waals surface area contributed by atoms with Crippen LogP contribution in [0.15, 0.2) is 23.3 Å². The van der Waals surface area contributed by atoms with E-state index in [0.717, 1.165) is 19.3 Å². The first-order valence-electron chi connectivity index (χ1n) is 7.47. The van der Waals surface area contributed by atoms with Gasteiger partial charge in [0.2, 0.25) is 0 Å². The Morgan fingerprint density at radius 3 is 2.67 bits per heavy atom. The summed E-state index contributed by atoms with van der Waals surface area (Å²) in [4.78, 5) is 35.5. The predicted octanol–water partition coefficient (Wildman–Crippen LogP) is 1.07. The molecule has 2 amide bonds. The summed E-state index contributed by atoms with van der Waals surface area (Å²) in [6, 6.07) is 4.25. The maximum absolute atomic E-state index is 11.9. The zero-order chi connectivity index (χ0) is 17.5. The Morgan fingerprint density at radius 2 is 2.04 bits per heavy atom. The second kappa shape index (κ2) is 8.04. The fraction of sp³-hybridized carbons (Fsp3) is 0.400. The summed E-state index contributed by atoms with van der Waals surface area (Å²) < 4.78 is 4.90. The number of nitrogens with zero attached hydrogens (tertiary/aromatic N) is 3. The second-order valence-electron chi connectivity index (χ2n) is 5.24. The summed E-state index contributed by atoms with van der Waals surface area (Å²) in [5.41, 5.74) is 2.33. The Bertz CT molecular complexity index is 668. The van der Waals surface area contributed by atoms with Crippen molar-refractivity contribution < 1.29 is 19.2 Å². The zero-order valence-corrected chi connectivity index (χ0v) is 13.2. The summed E-state index contributed by atoms with van der Waals surface area (Å²) in [6.45, 7) is 1.14. The lowest BCUT2D eigenvalue weighted by molar-refractivity contribution is -0.385. The molecule has 128 valence electrons. The van der Waals surface area contributed by atoms with Gasteiger partial charge in [0, 0.05) is 24.7 Å². The number of ether oxygens (including phenoxy) is 1. The first-order valence-corrected chi connectivity index (χ1v) is 7.47. The van der Waals surface area contributed by atoms with Crippen molar-refractivity contribution in [2.75, 3.05) is 20.2 Å². The topological polar surface area (TPSA) is 114 Å². The molecule has 1 aliphatic heterocycles. The zero-order valence-electron chi connectivity index (χ0n) is 13.2. The number of likely N-dealkylation sites (tertiary alicyclic amines) is 1. The number of methoxy groups -OCH3 is 1. The van der Waals surface area contributed by atoms with Crippen LogP contribution in [0.25, 0.3) is 0 Å². The van der Waals surface area contributed by atoms with E-state index in [1.165, 1.54) is 30.4 Å². The average Bonchev–Trinajstić information content (AvgIpc) is 2.61. The second-order valence-corrected chi connectivity index (χ2v) is 5.24. The lowest BCUT2D eigenvalue weighted by Gasteiger charge is -2.25. The van der Waals surface area contributed by atoms with E-state index in [4.69, 9.17) is 4.74 Å². The lowest BCUT2D eigenvalue weighted by Crippen LogP contribution is -2.43. The highest BCUT2D eigenvalue weighted by atomic mass is 16.6. The van der Waals surface area contributed by atoms with Crippen LogP contribution in [0.2, 0.25) is 0 Å². The molecule has 0 saturated carbocycles. The van der Waals surface area contributed by atoms with E-state index in [1.807, 2.05) is 0 Å². The minimum Gasteiger partial charge on any atom is -0.490 e. The highest BCUT2D eigenvalue weighted by molar-refractivity contribution is 6.35. The highest BCUT2D eigenvalue weighted by Gasteiger charge is 2.22. The SMILES string of the molecule is COc1ccc(/C=N\NC(=O)C(=O)N2CCCCC2)cc1[N+](=O)[O-]. The smallest absolute Gasteiger partial charge is 0.329 e. The molecule has 0 aromatic heterocycles. The molecule has 1 heterocycles. The molecule has 0 bridgehead atoms. The number of piperidine rings is 1. The molecule has 2 rings (SSSR count). The van der Waals surface area contributed by atoms with Crippen LogP contribution in [0.4, 0.5) is 5.69 Å². The van der Waals surface area contributed by atoms with Gasteiger partial charge in [0.1, 0.15) is 0 Å². The van der Waals surface area contributed by atoms with Crippen molar-refractivity contribution in [2.24, 2.45) is 5.10 Å². The predicted molar refractivity (Wildman–Crippen MR) is 85.8 cm³/mol. The van der Waals surface area contributed by atoms with Gasteiger partial charge in [-0.3, -0.25) is 19.7 Å². The number of hydrogen-bond acceptors (Lipinski definition) is 6. The van der Waals surface area contributed by atoms with Crippen molar-refractivity contribution >= 4 is 23.7 Å². The van der Waals surface area contributed by atoms with E-state index in [2.05, 4.69) is 10.5 Å². The third-order valence-corrected chi connectivity index (χ3v) is 3.62. The third-order valence-electron chi connectivity index (χ3n) is 3.62. The number of benzene rings is 1. The van der Waals surface area contributed by atoms with Gasteiger partial charge in [-0.05, 0) is 31.4 Å². The van der Waals surface area contributed by atoms with E-state index in [0.29, 0.717) is 18.7 Å². The first-order chi connectivity index (χ1) is 11.5. The molecular formula is C15H18N4O5. The summed E-state index contributed by atoms with van der Waals surface area (Å²) in [6.07, 6.45) is 4.06. The summed E-state index contributed by atoms with van der Waals surface area (Å²) >= 11 is 0. The number of nitro benzene ring substituents is 1. The maximum Gasteiger partial charge on any atom is 0.329 e. The van der Waals surface area contributed by atoms with Crippen molar-refractivity contribution in [3.63, 3.8) is 0 Å². The molecule has 1 fully saturated rings. The van der Waals surface area contributed by atoms with Gasteiger partial charge in [-0.2, -0.15) is 5.10 Å². The van der Waals surface area contributed by atoms with Crippen LogP contribution >= 0.6 is 0 Å². The van der Waals surface area contributed by atoms with Gasteiger partial charge in [-0.1, -0.05) is 0 Å². The highest BCUT2D eigenvalue weighted by Crippen LogP contribution is 2.26. The molecule has 0 radical (unpaired) electrons. The summed E-state index contributed by atoms with van der Waals surface area (Å²) in [5, 5.41) is 14.6. The van der Waals surface area contributed by atoms with Gasteiger partial charge in [0.25, 0.3) is 0 Å². The summed E-state index contributed by atoms with van der Waals surface area (Å²) in [7, 11) is 1.34. The Hall–Kier alpha value is -2.97. The molecule has 0 unspecified atom stereocenters. The quantitative estimate of drug-likeness (QED) is 0.383. The Balaban J connectivity index is 1.98. The van der Waals surface area contributed by atoms with Crippen molar-refractivity contribution in [1.82, 2.24) is 10.3 Å². The fourth-order valence-electron chi connectivity index (χ4n) is 2.38. The molecule has 9 heteroatoms. The molecule has 1 aromatic rings. The van der Waals surface area contributed by atoms with Crippen LogP contribution in [0.5, 0.6) is 5.75 Å². The van der Waals surface area contributed by atoms with Crippen LogP contribution in [-0.2, 0) is 9.59 Å². The first kappa shape index (κ1) is 17.4. The van der Waals surface area contributed by atoms with Gasteiger partial charge in [-0.25, -0.2) is 5.43 Å². The van der Waals surface area contributed by atoms with Gasteiger partial charge < -0.3 is 9.64 Å². The normalized spacial score (nSPS) is 14.5. The van der Waals surface area contributed by atoms with Crippen molar-refractivity contribution in [2.45, 2.75) is 19.3 Å². The number of nitro groups is 1. The van der Waals surface area contributed by atoms with E-state index in [-0.39, 0.29) is 11.4 Å². The van der Waals surface area contributed by atoms with E-state index in [9.17, 15) is 19.7 Å². The average molecular weight is 334 g/mol. The molecule has 1 N–H and O–H groups in total. The Labute approximate surface area is 138 Å². The minimum absolute atomic E-state index is 0.126. The largest absolute Gasteiger partial charge is 0.490 e. The standard InChI is InChI=1S/C15H18N4O5/c1-24-13-6-5-11(9-12(13)19(22)23)10-16-17-14(20)15(21)18-7-3-2-4-8-18/h5-6,9-10H,2-4,7-8H2,1H3,(H,17,20)/b16-10-. The molecule has 1 saturated heterocycles. The van der Waals surface area contributed by atoms with Gasteiger partial charge >= 0.3 is 17.5 Å². The van der Waals surface area contributed by atoms with Gasteiger partial charge in [-0.15, -0.1) is 0 Å². The molecule has 24 heavy (non-hydrogen) atoms. The Kier molecular flexibility index (Phi) is 5.83. The third kappa shape index (κ3) is 4.28. The van der Waals surface area contributed by atoms with Crippen LogP contribution in [0, 0.1) is 10.1 Å². The van der Waals surface area contributed by atoms with E-state index < -0.39 is 16.7 Å².